The monoisotopic (exact) mass is 449 g/mol. The summed E-state index contributed by atoms with van der Waals surface area (Å²) < 4.78 is 13.0. The number of nitrogen functional groups attached to an aromatic ring is 1. The Hall–Kier alpha value is -3.66. The first-order valence-electron chi connectivity index (χ1n) is 11.1. The van der Waals surface area contributed by atoms with Crippen LogP contribution in [0.3, 0.4) is 0 Å². The third-order valence-electron chi connectivity index (χ3n) is 6.00. The number of rotatable bonds is 4. The van der Waals surface area contributed by atoms with Gasteiger partial charge < -0.3 is 20.1 Å². The van der Waals surface area contributed by atoms with Crippen molar-refractivity contribution in [1.82, 2.24) is 24.6 Å². The van der Waals surface area contributed by atoms with Crippen molar-refractivity contribution >= 4 is 17.5 Å². The second kappa shape index (κ2) is 8.70. The number of nitrogens with two attached hydrogens (primary N) is 1. The average Bonchev–Trinajstić information content (AvgIpc) is 3.25. The third kappa shape index (κ3) is 3.97. The lowest BCUT2D eigenvalue weighted by molar-refractivity contribution is 0.0937. The Kier molecular flexibility index (Phi) is 5.59. The number of hydrogen-bond acceptors (Lipinski definition) is 9. The topological polar surface area (TPSA) is 112 Å². The highest BCUT2D eigenvalue weighted by molar-refractivity contribution is 6.01. The van der Waals surface area contributed by atoms with Gasteiger partial charge in [-0.1, -0.05) is 6.07 Å². The Labute approximate surface area is 191 Å². The van der Waals surface area contributed by atoms with Gasteiger partial charge in [-0.15, -0.1) is 5.10 Å². The van der Waals surface area contributed by atoms with Gasteiger partial charge in [0.05, 0.1) is 11.3 Å². The van der Waals surface area contributed by atoms with Gasteiger partial charge >= 0.3 is 0 Å². The third-order valence-corrected chi connectivity index (χ3v) is 6.00. The van der Waals surface area contributed by atoms with Crippen LogP contribution in [0, 0.1) is 0 Å². The number of benzene rings is 1. The zero-order valence-corrected chi connectivity index (χ0v) is 18.8. The molecule has 0 unspecified atom stereocenters. The fourth-order valence-electron chi connectivity index (χ4n) is 4.21. The molecular formula is C23H27N7O3. The zero-order chi connectivity index (χ0) is 22.9. The average molecular weight is 450 g/mol. The quantitative estimate of drug-likeness (QED) is 0.638. The number of nitrogens with zero attached hydrogens (tertiary/aromatic N) is 6. The van der Waals surface area contributed by atoms with Crippen molar-refractivity contribution in [2.75, 3.05) is 50.0 Å². The highest BCUT2D eigenvalue weighted by Gasteiger charge is 2.30. The smallest absolute Gasteiger partial charge is 0.285 e. The van der Waals surface area contributed by atoms with Gasteiger partial charge in [0.2, 0.25) is 11.8 Å². The van der Waals surface area contributed by atoms with E-state index in [1.165, 1.54) is 0 Å². The van der Waals surface area contributed by atoms with Crippen LogP contribution >= 0.6 is 0 Å². The SMILES string of the molecule is CC(C)N1CCN(c2ccc(C(=O)n3nc(-c4ccccn4)nc3N)c3c2OCCO3)CC1. The van der Waals surface area contributed by atoms with E-state index in [2.05, 4.69) is 38.7 Å². The molecule has 0 spiro atoms. The van der Waals surface area contributed by atoms with Gasteiger partial charge in [-0.3, -0.25) is 14.7 Å². The zero-order valence-electron chi connectivity index (χ0n) is 18.8. The largest absolute Gasteiger partial charge is 0.485 e. The summed E-state index contributed by atoms with van der Waals surface area (Å²) in [6, 6.07) is 9.56. The predicted octanol–water partition coefficient (Wildman–Crippen LogP) is 1.91. The van der Waals surface area contributed by atoms with E-state index < -0.39 is 5.91 Å². The Balaban J connectivity index is 1.46. The molecule has 1 saturated heterocycles. The molecule has 2 aromatic heterocycles. The van der Waals surface area contributed by atoms with E-state index >= 15 is 0 Å². The fraction of sp³-hybridized carbons (Fsp3) is 0.391. The number of ether oxygens (including phenoxy) is 2. The summed E-state index contributed by atoms with van der Waals surface area (Å²) in [5, 5.41) is 4.30. The van der Waals surface area contributed by atoms with Crippen molar-refractivity contribution in [3.8, 4) is 23.0 Å². The summed E-state index contributed by atoms with van der Waals surface area (Å²) in [6.45, 7) is 8.92. The molecule has 0 saturated carbocycles. The maximum absolute atomic E-state index is 13.4. The number of anilines is 2. The van der Waals surface area contributed by atoms with Crippen LogP contribution < -0.4 is 20.1 Å². The number of aromatic nitrogens is 4. The number of piperazine rings is 1. The first-order valence-corrected chi connectivity index (χ1v) is 11.1. The normalized spacial score (nSPS) is 16.3. The molecule has 3 aromatic rings. The van der Waals surface area contributed by atoms with Crippen LogP contribution in [0.5, 0.6) is 11.5 Å². The molecule has 2 aliphatic heterocycles. The van der Waals surface area contributed by atoms with Crippen LogP contribution in [0.4, 0.5) is 11.6 Å². The van der Waals surface area contributed by atoms with E-state index in [0.29, 0.717) is 42.0 Å². The molecule has 33 heavy (non-hydrogen) atoms. The number of hydrogen-bond donors (Lipinski definition) is 1. The van der Waals surface area contributed by atoms with E-state index in [1.54, 1.807) is 24.4 Å². The molecule has 0 radical (unpaired) electrons. The maximum Gasteiger partial charge on any atom is 0.285 e. The van der Waals surface area contributed by atoms with Crippen molar-refractivity contribution in [3.05, 3.63) is 42.1 Å². The van der Waals surface area contributed by atoms with Gasteiger partial charge in [-0.05, 0) is 38.1 Å². The van der Waals surface area contributed by atoms with Crippen LogP contribution in [0.1, 0.15) is 24.2 Å². The molecule has 10 nitrogen and oxygen atoms in total. The lowest BCUT2D eigenvalue weighted by atomic mass is 10.1. The van der Waals surface area contributed by atoms with Crippen LogP contribution in [-0.4, -0.2) is 76.0 Å². The molecule has 1 aromatic carbocycles. The molecule has 0 amide bonds. The van der Waals surface area contributed by atoms with E-state index in [9.17, 15) is 4.79 Å². The van der Waals surface area contributed by atoms with Gasteiger partial charge in [-0.2, -0.15) is 9.67 Å². The van der Waals surface area contributed by atoms with Gasteiger partial charge in [0, 0.05) is 38.4 Å². The molecule has 0 aliphatic carbocycles. The Morgan fingerprint density at radius 3 is 2.48 bits per heavy atom. The number of carbonyl (C=O) groups is 1. The Morgan fingerprint density at radius 2 is 1.79 bits per heavy atom. The van der Waals surface area contributed by atoms with E-state index in [-0.39, 0.29) is 11.8 Å². The molecule has 172 valence electrons. The molecule has 4 heterocycles. The Bertz CT molecular complexity index is 1150. The van der Waals surface area contributed by atoms with Gasteiger partial charge in [-0.25, -0.2) is 0 Å². The van der Waals surface area contributed by atoms with Crippen molar-refractivity contribution in [2.24, 2.45) is 0 Å². The summed E-state index contributed by atoms with van der Waals surface area (Å²) >= 11 is 0. The summed E-state index contributed by atoms with van der Waals surface area (Å²) in [5.74, 6) is 0.852. The maximum atomic E-state index is 13.4. The minimum Gasteiger partial charge on any atom is -0.485 e. The summed E-state index contributed by atoms with van der Waals surface area (Å²) in [4.78, 5) is 26.6. The van der Waals surface area contributed by atoms with Crippen molar-refractivity contribution < 1.29 is 14.3 Å². The van der Waals surface area contributed by atoms with Gasteiger partial charge in [0.1, 0.15) is 18.9 Å². The molecule has 2 N–H and O–H groups in total. The van der Waals surface area contributed by atoms with Gasteiger partial charge in [0.15, 0.2) is 11.5 Å². The van der Waals surface area contributed by atoms with Crippen LogP contribution in [0.15, 0.2) is 36.5 Å². The summed E-state index contributed by atoms with van der Waals surface area (Å²) in [6.07, 6.45) is 1.63. The van der Waals surface area contributed by atoms with Crippen molar-refractivity contribution in [2.45, 2.75) is 19.9 Å². The van der Waals surface area contributed by atoms with E-state index in [0.717, 1.165) is 36.5 Å². The second-order valence-electron chi connectivity index (χ2n) is 8.33. The lowest BCUT2D eigenvalue weighted by Gasteiger charge is -2.39. The second-order valence-corrected chi connectivity index (χ2v) is 8.33. The van der Waals surface area contributed by atoms with E-state index in [4.69, 9.17) is 15.2 Å². The minimum absolute atomic E-state index is 0.0139. The molecule has 5 rings (SSSR count). The van der Waals surface area contributed by atoms with Crippen LogP contribution in [-0.2, 0) is 0 Å². The van der Waals surface area contributed by atoms with Crippen LogP contribution in [0.25, 0.3) is 11.5 Å². The van der Waals surface area contributed by atoms with Crippen LogP contribution in [0.2, 0.25) is 0 Å². The first kappa shape index (κ1) is 21.2. The molecular weight excluding hydrogens is 422 g/mol. The highest BCUT2D eigenvalue weighted by atomic mass is 16.6. The molecule has 10 heteroatoms. The fourth-order valence-corrected chi connectivity index (χ4v) is 4.21. The van der Waals surface area contributed by atoms with E-state index in [1.807, 2.05) is 12.1 Å². The molecule has 0 atom stereocenters. The van der Waals surface area contributed by atoms with Gasteiger partial charge in [0.25, 0.3) is 5.91 Å². The number of pyridine rings is 1. The Morgan fingerprint density at radius 1 is 1.03 bits per heavy atom. The first-order chi connectivity index (χ1) is 16.0. The van der Waals surface area contributed by atoms with Crippen molar-refractivity contribution in [3.63, 3.8) is 0 Å². The lowest BCUT2D eigenvalue weighted by Crippen LogP contribution is -2.49. The number of carbonyl (C=O) groups excluding carboxylic acids is 1. The highest BCUT2D eigenvalue weighted by Crippen LogP contribution is 2.43. The summed E-state index contributed by atoms with van der Waals surface area (Å²) in [5.41, 5.74) is 7.84. The van der Waals surface area contributed by atoms with Crippen molar-refractivity contribution in [1.29, 1.82) is 0 Å². The standard InChI is InChI=1S/C23H27N7O3/c1-15(2)28-9-11-29(12-10-28)18-7-6-16(19-20(18)33-14-13-32-19)22(31)30-23(24)26-21(27-30)17-5-3-4-8-25-17/h3-8,15H,9-14H2,1-2H3,(H2,24,26,27). The molecule has 0 bridgehead atoms. The predicted molar refractivity (Wildman–Crippen MR) is 124 cm³/mol. The number of fused-ring (bicyclic) bond motifs is 1. The molecule has 1 fully saturated rings. The summed E-state index contributed by atoms with van der Waals surface area (Å²) in [7, 11) is 0. The minimum atomic E-state index is -0.430. The molecule has 2 aliphatic rings.